The van der Waals surface area contributed by atoms with E-state index in [4.69, 9.17) is 0 Å². The van der Waals surface area contributed by atoms with E-state index in [1.807, 2.05) is 0 Å². The molecule has 8 N–H and O–H groups in total. The normalized spacial score (nSPS) is 17.7. The van der Waals surface area contributed by atoms with Gasteiger partial charge in [0.15, 0.2) is 0 Å². The van der Waals surface area contributed by atoms with Crippen molar-refractivity contribution in [3.05, 3.63) is 46.0 Å². The first-order valence-corrected chi connectivity index (χ1v) is 17.3. The highest BCUT2D eigenvalue weighted by Crippen LogP contribution is 2.43. The van der Waals surface area contributed by atoms with Crippen molar-refractivity contribution in [1.82, 2.24) is 19.8 Å². The lowest BCUT2D eigenvalue weighted by Crippen LogP contribution is -2.55. The smallest absolute Gasteiger partial charge is 0.329 e. The highest BCUT2D eigenvalue weighted by atomic mass is 31.2. The summed E-state index contributed by atoms with van der Waals surface area (Å²) in [5.74, 6) is -3.15. The van der Waals surface area contributed by atoms with Crippen LogP contribution in [0.2, 0.25) is 0 Å². The van der Waals surface area contributed by atoms with Gasteiger partial charge >= 0.3 is 27.1 Å². The van der Waals surface area contributed by atoms with Crippen LogP contribution in [0.4, 0.5) is 0 Å². The number of nitrogens with zero attached hydrogens (tertiary/aromatic N) is 4. The predicted molar refractivity (Wildman–Crippen MR) is 155 cm³/mol. The minimum absolute atomic E-state index is 0.0332. The highest BCUT2D eigenvalue weighted by molar-refractivity contribution is 7.51. The van der Waals surface area contributed by atoms with Crippen molar-refractivity contribution in [2.45, 2.75) is 77.0 Å². The third-order valence-corrected chi connectivity index (χ3v) is 9.15. The van der Waals surface area contributed by atoms with E-state index >= 15 is 0 Å². The first-order valence-electron chi connectivity index (χ1n) is 13.7. The molecule has 0 unspecified atom stereocenters. The average Bonchev–Trinajstić information content (AvgIpc) is 2.89. The van der Waals surface area contributed by atoms with E-state index in [1.54, 1.807) is 0 Å². The Morgan fingerprint density at radius 2 is 1.09 bits per heavy atom. The number of rotatable bonds is 14. The van der Waals surface area contributed by atoms with Crippen LogP contribution in [0, 0.1) is 13.8 Å². The minimum Gasteiger partial charge on any atom is -0.506 e. The topological polar surface area (TPSA) is 262 Å². The molecule has 2 atom stereocenters. The molecule has 2 heterocycles. The van der Waals surface area contributed by atoms with E-state index in [1.165, 1.54) is 36.0 Å². The first kappa shape index (κ1) is 35.5. The van der Waals surface area contributed by atoms with Gasteiger partial charge in [-0.15, -0.1) is 0 Å². The van der Waals surface area contributed by atoms with E-state index in [2.05, 4.69) is 9.97 Å². The van der Waals surface area contributed by atoms with Crippen molar-refractivity contribution in [2.24, 2.45) is 0 Å². The number of hydrogen-bond acceptors (Lipinski definition) is 10. The van der Waals surface area contributed by atoms with Crippen molar-refractivity contribution >= 4 is 27.1 Å². The predicted octanol–water partition coefficient (Wildman–Crippen LogP) is 1.64. The average molecular weight is 661 g/mol. The molecule has 1 fully saturated rings. The van der Waals surface area contributed by atoms with Crippen LogP contribution in [-0.2, 0) is 44.1 Å². The lowest BCUT2D eigenvalue weighted by molar-refractivity contribution is -0.142. The fourth-order valence-electron chi connectivity index (χ4n) is 5.72. The standard InChI is InChI=1S/C26H38N4O12P2/c1-15-25(35)19(17(7-27-15)13-43(37,38)39)9-29(11-23(31)32)21-5-3-4-6-22(21)30(12-24(33)34)10-20-18(14-44(40,41)42)8-28-16(2)26(20)36/h7-8,21-22,35-36H,3-6,9-14H2,1-2H3,(H,31,32)(H,33,34)(H2,37,38,39)(H2,40,41,42)/t21-,22-/m1/s1. The van der Waals surface area contributed by atoms with Gasteiger partial charge in [-0.3, -0.25) is 38.5 Å². The van der Waals surface area contributed by atoms with E-state index in [-0.39, 0.29) is 58.2 Å². The maximum atomic E-state index is 12.1. The van der Waals surface area contributed by atoms with Crippen molar-refractivity contribution in [1.29, 1.82) is 0 Å². The molecule has 1 aliphatic carbocycles. The van der Waals surface area contributed by atoms with Gasteiger partial charge in [0.1, 0.15) is 11.5 Å². The van der Waals surface area contributed by atoms with Gasteiger partial charge in [-0.2, -0.15) is 0 Å². The lowest BCUT2D eigenvalue weighted by atomic mass is 9.87. The lowest BCUT2D eigenvalue weighted by Gasteiger charge is -2.44. The summed E-state index contributed by atoms with van der Waals surface area (Å²) in [5, 5.41) is 41.4. The number of pyridine rings is 2. The van der Waals surface area contributed by atoms with Gasteiger partial charge in [-0.05, 0) is 37.8 Å². The van der Waals surface area contributed by atoms with Crippen LogP contribution in [0.15, 0.2) is 12.4 Å². The monoisotopic (exact) mass is 660 g/mol. The van der Waals surface area contributed by atoms with E-state index in [9.17, 15) is 58.7 Å². The van der Waals surface area contributed by atoms with Crippen LogP contribution < -0.4 is 0 Å². The molecule has 18 heteroatoms. The number of aromatic hydroxyl groups is 2. The van der Waals surface area contributed by atoms with Gasteiger partial charge in [0.2, 0.25) is 0 Å². The van der Waals surface area contributed by atoms with Gasteiger partial charge in [-0.25, -0.2) is 0 Å². The van der Waals surface area contributed by atoms with Gasteiger partial charge in [0.25, 0.3) is 0 Å². The molecule has 2 aromatic rings. The molecule has 0 spiro atoms. The van der Waals surface area contributed by atoms with E-state index < -0.39 is 64.6 Å². The quantitative estimate of drug-likeness (QED) is 0.134. The molecule has 1 aliphatic rings. The number of carboxylic acid groups (broad SMARTS) is 2. The van der Waals surface area contributed by atoms with Gasteiger partial charge in [-0.1, -0.05) is 12.8 Å². The summed E-state index contributed by atoms with van der Waals surface area (Å²) >= 11 is 0. The Balaban J connectivity index is 2.09. The Morgan fingerprint density at radius 3 is 1.39 bits per heavy atom. The summed E-state index contributed by atoms with van der Waals surface area (Å²) in [5.41, 5.74) is 0.568. The van der Waals surface area contributed by atoms with Crippen LogP contribution >= 0.6 is 15.2 Å². The summed E-state index contributed by atoms with van der Waals surface area (Å²) < 4.78 is 23.7. The SMILES string of the molecule is Cc1ncc(CP(=O)(O)O)c(CN(CC(=O)O)[C@@H]2CCCC[C@H]2N(CC(=O)O)Cc2c(CP(=O)(O)O)cnc(C)c2O)c1O. The summed E-state index contributed by atoms with van der Waals surface area (Å²) in [7, 11) is -9.22. The minimum atomic E-state index is -4.61. The number of carboxylic acids is 2. The fourth-order valence-corrected chi connectivity index (χ4v) is 7.15. The van der Waals surface area contributed by atoms with Crippen LogP contribution in [0.1, 0.15) is 59.3 Å². The van der Waals surface area contributed by atoms with Crippen molar-refractivity contribution in [2.75, 3.05) is 13.1 Å². The van der Waals surface area contributed by atoms with E-state index in [0.29, 0.717) is 25.7 Å². The zero-order chi connectivity index (χ0) is 33.0. The molecular formula is C26H38N4O12P2. The number of carbonyl (C=O) groups is 2. The first-order chi connectivity index (χ1) is 20.4. The summed E-state index contributed by atoms with van der Waals surface area (Å²) in [6, 6.07) is -1.27. The summed E-state index contributed by atoms with van der Waals surface area (Å²) in [6.07, 6.45) is 3.06. The Kier molecular flexibility index (Phi) is 11.7. The summed E-state index contributed by atoms with van der Waals surface area (Å²) in [6.45, 7) is 1.36. The molecule has 16 nitrogen and oxygen atoms in total. The zero-order valence-corrected chi connectivity index (χ0v) is 26.1. The van der Waals surface area contributed by atoms with Gasteiger partial charge < -0.3 is 40.0 Å². The third-order valence-electron chi connectivity index (χ3n) is 7.64. The van der Waals surface area contributed by atoms with Crippen LogP contribution in [0.25, 0.3) is 0 Å². The second-order valence-electron chi connectivity index (χ2n) is 11.1. The van der Waals surface area contributed by atoms with Gasteiger partial charge in [0.05, 0.1) is 36.8 Å². The summed E-state index contributed by atoms with van der Waals surface area (Å²) in [4.78, 5) is 73.6. The van der Waals surface area contributed by atoms with Crippen molar-refractivity contribution in [3.8, 4) is 11.5 Å². The third kappa shape index (κ3) is 9.78. The van der Waals surface area contributed by atoms with Crippen LogP contribution in [0.5, 0.6) is 11.5 Å². The Morgan fingerprint density at radius 1 is 0.750 bits per heavy atom. The van der Waals surface area contributed by atoms with E-state index in [0.717, 1.165) is 0 Å². The number of hydrogen-bond donors (Lipinski definition) is 8. The Labute approximate surface area is 253 Å². The van der Waals surface area contributed by atoms with Crippen LogP contribution in [0.3, 0.4) is 0 Å². The molecule has 244 valence electrons. The van der Waals surface area contributed by atoms with Crippen LogP contribution in [-0.4, -0.2) is 96.9 Å². The number of aryl methyl sites for hydroxylation is 2. The maximum Gasteiger partial charge on any atom is 0.329 e. The maximum absolute atomic E-state index is 12.1. The Bertz CT molecular complexity index is 1370. The van der Waals surface area contributed by atoms with Crippen molar-refractivity contribution < 1.29 is 58.7 Å². The Hall–Kier alpha value is -2.94. The molecule has 44 heavy (non-hydrogen) atoms. The molecule has 1 saturated carbocycles. The molecule has 0 amide bonds. The van der Waals surface area contributed by atoms with Crippen molar-refractivity contribution in [3.63, 3.8) is 0 Å². The molecule has 3 rings (SSSR count). The zero-order valence-electron chi connectivity index (χ0n) is 24.3. The number of aliphatic carboxylic acids is 2. The highest BCUT2D eigenvalue weighted by Gasteiger charge is 2.37. The molecule has 2 aromatic heterocycles. The number of aromatic nitrogens is 2. The molecule has 0 saturated heterocycles. The molecule has 0 aromatic carbocycles. The second kappa shape index (κ2) is 14.4. The van der Waals surface area contributed by atoms with Gasteiger partial charge in [0, 0.05) is 48.7 Å². The second-order valence-corrected chi connectivity index (χ2v) is 14.3. The molecule has 0 bridgehead atoms. The largest absolute Gasteiger partial charge is 0.506 e. The molecule has 0 radical (unpaired) electrons. The fraction of sp³-hybridized carbons (Fsp3) is 0.538. The molecular weight excluding hydrogens is 622 g/mol. The molecule has 0 aliphatic heterocycles.